The summed E-state index contributed by atoms with van der Waals surface area (Å²) in [6, 6.07) is 21.1. The molecule has 31 heavy (non-hydrogen) atoms. The molecule has 4 nitrogen and oxygen atoms in total. The van der Waals surface area contributed by atoms with E-state index < -0.39 is 20.7 Å². The van der Waals surface area contributed by atoms with Gasteiger partial charge in [0.15, 0.2) is 6.29 Å². The standard InChI is InChI=1S/C26H38O4Si/c1-7-28-25(29-8-2)24(27)20-19-21(3)30-31(26(4,5)6,22-15-11-9-12-16-22)23-17-13-10-14-18-23/h9-21,24-25,27H,7-8H2,1-6H3/b20-19+/t21-,24+/m0/s1. The Hall–Kier alpha value is -1.76. The van der Waals surface area contributed by atoms with E-state index in [-0.39, 0.29) is 11.1 Å². The van der Waals surface area contributed by atoms with Gasteiger partial charge in [0.2, 0.25) is 0 Å². The van der Waals surface area contributed by atoms with Crippen LogP contribution in [0, 0.1) is 0 Å². The molecule has 0 aliphatic carbocycles. The van der Waals surface area contributed by atoms with E-state index in [1.165, 1.54) is 10.4 Å². The Morgan fingerprint density at radius 1 is 0.839 bits per heavy atom. The molecule has 2 aromatic rings. The fraction of sp³-hybridized carbons (Fsp3) is 0.462. The first-order valence-electron chi connectivity index (χ1n) is 11.1. The quantitative estimate of drug-likeness (QED) is 0.321. The Bertz CT molecular complexity index is 741. The lowest BCUT2D eigenvalue weighted by Crippen LogP contribution is -2.67. The molecule has 0 heterocycles. The zero-order valence-corrected chi connectivity index (χ0v) is 20.7. The largest absolute Gasteiger partial charge is 0.401 e. The smallest absolute Gasteiger partial charge is 0.261 e. The molecule has 2 rings (SSSR count). The van der Waals surface area contributed by atoms with E-state index in [0.717, 1.165) is 0 Å². The Morgan fingerprint density at radius 3 is 1.68 bits per heavy atom. The second-order valence-corrected chi connectivity index (χ2v) is 12.9. The number of benzene rings is 2. The van der Waals surface area contributed by atoms with Crippen molar-refractivity contribution < 1.29 is 19.0 Å². The minimum atomic E-state index is -2.64. The average Bonchev–Trinajstić information content (AvgIpc) is 2.76. The van der Waals surface area contributed by atoms with Crippen molar-refractivity contribution >= 4 is 18.7 Å². The molecule has 2 atom stereocenters. The van der Waals surface area contributed by atoms with Gasteiger partial charge in [-0.25, -0.2) is 0 Å². The van der Waals surface area contributed by atoms with Crippen molar-refractivity contribution in [1.82, 2.24) is 0 Å². The molecule has 0 aliphatic heterocycles. The van der Waals surface area contributed by atoms with Crippen molar-refractivity contribution in [3.8, 4) is 0 Å². The summed E-state index contributed by atoms with van der Waals surface area (Å²) in [4.78, 5) is 0. The van der Waals surface area contributed by atoms with E-state index in [1.807, 2.05) is 39.0 Å². The van der Waals surface area contributed by atoms with Crippen molar-refractivity contribution in [3.63, 3.8) is 0 Å². The van der Waals surface area contributed by atoms with Gasteiger partial charge in [0.25, 0.3) is 8.32 Å². The average molecular weight is 443 g/mol. The fourth-order valence-electron chi connectivity index (χ4n) is 3.94. The van der Waals surface area contributed by atoms with Crippen LogP contribution in [0.3, 0.4) is 0 Å². The van der Waals surface area contributed by atoms with Crippen LogP contribution >= 0.6 is 0 Å². The molecule has 0 saturated heterocycles. The fourth-order valence-corrected chi connectivity index (χ4v) is 8.60. The maximum Gasteiger partial charge on any atom is 0.261 e. The van der Waals surface area contributed by atoms with Gasteiger partial charge in [-0.3, -0.25) is 0 Å². The SMILES string of the molecule is CCOC(OCC)[C@H](O)/C=C/[C@H](C)O[Si](c1ccccc1)(c1ccccc1)C(C)(C)C. The molecule has 0 saturated carbocycles. The number of rotatable bonds is 11. The third-order valence-corrected chi connectivity index (χ3v) is 10.4. The maximum absolute atomic E-state index is 10.5. The number of ether oxygens (including phenoxy) is 2. The Labute approximate surface area is 189 Å². The van der Waals surface area contributed by atoms with E-state index in [1.54, 1.807) is 6.08 Å². The van der Waals surface area contributed by atoms with Crippen molar-refractivity contribution in [2.45, 2.75) is 65.1 Å². The van der Waals surface area contributed by atoms with Gasteiger partial charge >= 0.3 is 0 Å². The van der Waals surface area contributed by atoms with Gasteiger partial charge in [0, 0.05) is 13.2 Å². The summed E-state index contributed by atoms with van der Waals surface area (Å²) in [5.41, 5.74) is 0. The van der Waals surface area contributed by atoms with E-state index in [2.05, 4.69) is 69.3 Å². The van der Waals surface area contributed by atoms with Crippen LogP contribution in [0.15, 0.2) is 72.8 Å². The summed E-state index contributed by atoms with van der Waals surface area (Å²) in [5.74, 6) is 0. The van der Waals surface area contributed by atoms with E-state index in [9.17, 15) is 5.11 Å². The highest BCUT2D eigenvalue weighted by Gasteiger charge is 2.50. The second-order valence-electron chi connectivity index (χ2n) is 8.64. The van der Waals surface area contributed by atoms with Crippen LogP contribution in [0.4, 0.5) is 0 Å². The lowest BCUT2D eigenvalue weighted by atomic mass is 10.2. The molecule has 0 radical (unpaired) electrons. The molecule has 0 aliphatic rings. The Morgan fingerprint density at radius 2 is 1.29 bits per heavy atom. The van der Waals surface area contributed by atoms with Gasteiger partial charge in [0.1, 0.15) is 6.10 Å². The van der Waals surface area contributed by atoms with Gasteiger partial charge in [-0.1, -0.05) is 93.6 Å². The zero-order valence-electron chi connectivity index (χ0n) is 19.7. The van der Waals surface area contributed by atoms with Crippen LogP contribution in [0.5, 0.6) is 0 Å². The molecule has 1 N–H and O–H groups in total. The Kier molecular flexibility index (Phi) is 9.66. The highest BCUT2D eigenvalue weighted by atomic mass is 28.4. The topological polar surface area (TPSA) is 47.9 Å². The van der Waals surface area contributed by atoms with Crippen molar-refractivity contribution in [3.05, 3.63) is 72.8 Å². The summed E-state index contributed by atoms with van der Waals surface area (Å²) in [6.07, 6.45) is 1.90. The molecular formula is C26H38O4Si. The first-order chi connectivity index (χ1) is 14.8. The van der Waals surface area contributed by atoms with Crippen LogP contribution in [0.2, 0.25) is 5.04 Å². The van der Waals surface area contributed by atoms with Gasteiger partial charge in [-0.05, 0) is 36.2 Å². The maximum atomic E-state index is 10.5. The normalized spacial score (nSPS) is 14.8. The van der Waals surface area contributed by atoms with Crippen LogP contribution in [0.25, 0.3) is 0 Å². The molecule has 0 bridgehead atoms. The number of hydrogen-bond acceptors (Lipinski definition) is 4. The van der Waals surface area contributed by atoms with Crippen LogP contribution in [-0.4, -0.2) is 45.1 Å². The second kappa shape index (κ2) is 11.7. The van der Waals surface area contributed by atoms with Crippen LogP contribution in [-0.2, 0) is 13.9 Å². The molecule has 0 unspecified atom stereocenters. The molecule has 0 spiro atoms. The van der Waals surface area contributed by atoms with Crippen molar-refractivity contribution in [2.24, 2.45) is 0 Å². The van der Waals surface area contributed by atoms with Gasteiger partial charge in [-0.2, -0.15) is 0 Å². The predicted octanol–water partition coefficient (Wildman–Crippen LogP) is 4.27. The summed E-state index contributed by atoms with van der Waals surface area (Å²) in [6.45, 7) is 13.5. The summed E-state index contributed by atoms with van der Waals surface area (Å²) >= 11 is 0. The van der Waals surface area contributed by atoms with Gasteiger partial charge in [0.05, 0.1) is 6.10 Å². The molecule has 5 heteroatoms. The highest BCUT2D eigenvalue weighted by molar-refractivity contribution is 6.99. The molecule has 0 aromatic heterocycles. The van der Waals surface area contributed by atoms with Gasteiger partial charge < -0.3 is 19.0 Å². The number of hydrogen-bond donors (Lipinski definition) is 1. The van der Waals surface area contributed by atoms with E-state index in [4.69, 9.17) is 13.9 Å². The van der Waals surface area contributed by atoms with Gasteiger partial charge in [-0.15, -0.1) is 0 Å². The summed E-state index contributed by atoms with van der Waals surface area (Å²) in [7, 11) is -2.64. The van der Waals surface area contributed by atoms with Crippen molar-refractivity contribution in [2.75, 3.05) is 13.2 Å². The molecule has 0 amide bonds. The molecule has 2 aromatic carbocycles. The first kappa shape index (κ1) is 25.5. The first-order valence-corrected chi connectivity index (χ1v) is 13.1. The molecule has 170 valence electrons. The predicted molar refractivity (Wildman–Crippen MR) is 130 cm³/mol. The monoisotopic (exact) mass is 442 g/mol. The lowest BCUT2D eigenvalue weighted by molar-refractivity contribution is -0.177. The third kappa shape index (κ3) is 6.37. The minimum Gasteiger partial charge on any atom is -0.401 e. The third-order valence-electron chi connectivity index (χ3n) is 5.30. The Balaban J connectivity index is 2.40. The number of aliphatic hydroxyl groups is 1. The minimum absolute atomic E-state index is 0.102. The van der Waals surface area contributed by atoms with Crippen LogP contribution < -0.4 is 10.4 Å². The van der Waals surface area contributed by atoms with E-state index >= 15 is 0 Å². The van der Waals surface area contributed by atoms with E-state index in [0.29, 0.717) is 13.2 Å². The molecular weight excluding hydrogens is 404 g/mol. The number of aliphatic hydroxyl groups excluding tert-OH is 1. The molecule has 0 fully saturated rings. The highest BCUT2D eigenvalue weighted by Crippen LogP contribution is 2.37. The summed E-state index contributed by atoms with van der Waals surface area (Å²) in [5, 5.41) is 12.9. The van der Waals surface area contributed by atoms with Crippen molar-refractivity contribution in [1.29, 1.82) is 0 Å². The van der Waals surface area contributed by atoms with Crippen LogP contribution in [0.1, 0.15) is 41.5 Å². The lowest BCUT2D eigenvalue weighted by Gasteiger charge is -2.44. The summed E-state index contributed by atoms with van der Waals surface area (Å²) < 4.78 is 18.0. The zero-order chi connectivity index (χ0) is 22.9.